The summed E-state index contributed by atoms with van der Waals surface area (Å²) < 4.78 is 1.86. The third kappa shape index (κ3) is 1.68. The highest BCUT2D eigenvalue weighted by atomic mass is 15.3. The highest BCUT2D eigenvalue weighted by Crippen LogP contribution is 2.34. The first-order valence-electron chi connectivity index (χ1n) is 6.22. The van der Waals surface area contributed by atoms with E-state index in [2.05, 4.69) is 23.9 Å². The smallest absolute Gasteiger partial charge is 0.156 e. The maximum Gasteiger partial charge on any atom is 0.156 e. The van der Waals surface area contributed by atoms with Crippen LogP contribution in [0.5, 0.6) is 0 Å². The van der Waals surface area contributed by atoms with Crippen molar-refractivity contribution in [2.24, 2.45) is 13.0 Å². The fraction of sp³-hybridized carbons (Fsp3) is 0.538. The molecule has 1 aliphatic rings. The number of aryl methyl sites for hydroxylation is 1. The predicted molar refractivity (Wildman–Crippen MR) is 66.7 cm³/mol. The largest absolute Gasteiger partial charge is 0.340 e. The van der Waals surface area contributed by atoms with Crippen LogP contribution in [0.25, 0.3) is 11.5 Å². The van der Waals surface area contributed by atoms with E-state index in [4.69, 9.17) is 4.98 Å². The highest BCUT2D eigenvalue weighted by molar-refractivity contribution is 5.51. The van der Waals surface area contributed by atoms with Gasteiger partial charge in [-0.05, 0) is 24.8 Å². The second-order valence-corrected chi connectivity index (χ2v) is 5.24. The van der Waals surface area contributed by atoms with Crippen LogP contribution in [0.2, 0.25) is 0 Å². The number of imidazole rings is 1. The lowest BCUT2D eigenvalue weighted by molar-refractivity contribution is 0.440. The number of nitrogens with zero attached hydrogens (tertiary/aromatic N) is 3. The zero-order valence-corrected chi connectivity index (χ0v) is 10.6. The molecule has 2 atom stereocenters. The average molecular weight is 230 g/mol. The number of H-pyrrole nitrogens is 1. The van der Waals surface area contributed by atoms with Crippen molar-refractivity contribution in [2.75, 3.05) is 0 Å². The molecule has 3 rings (SSSR count). The second-order valence-electron chi connectivity index (χ2n) is 5.24. The molecule has 2 aromatic heterocycles. The topological polar surface area (TPSA) is 46.5 Å². The molecule has 0 radical (unpaired) electrons. The molecule has 0 fully saturated rings. The van der Waals surface area contributed by atoms with Crippen molar-refractivity contribution < 1.29 is 0 Å². The third-order valence-electron chi connectivity index (χ3n) is 3.65. The van der Waals surface area contributed by atoms with Crippen molar-refractivity contribution in [1.29, 1.82) is 0 Å². The van der Waals surface area contributed by atoms with Gasteiger partial charge in [0.2, 0.25) is 0 Å². The quantitative estimate of drug-likeness (QED) is 0.818. The molecule has 1 N–H and O–H groups in total. The van der Waals surface area contributed by atoms with Crippen molar-refractivity contribution in [3.05, 3.63) is 23.7 Å². The fourth-order valence-corrected chi connectivity index (χ4v) is 2.86. The number of fused-ring (bicyclic) bond motifs is 1. The molecule has 0 saturated carbocycles. The molecule has 4 nitrogen and oxygen atoms in total. The molecule has 2 aromatic rings. The van der Waals surface area contributed by atoms with Crippen LogP contribution in [-0.2, 0) is 13.5 Å². The van der Waals surface area contributed by atoms with Crippen LogP contribution in [-0.4, -0.2) is 19.7 Å². The minimum absolute atomic E-state index is 0.562. The Balaban J connectivity index is 2.05. The summed E-state index contributed by atoms with van der Waals surface area (Å²) in [6, 6.07) is 2.00. The summed E-state index contributed by atoms with van der Waals surface area (Å²) in [6.07, 6.45) is 4.16. The summed E-state index contributed by atoms with van der Waals surface area (Å²) in [6.45, 7) is 4.58. The Kier molecular flexibility index (Phi) is 2.31. The van der Waals surface area contributed by atoms with E-state index in [0.29, 0.717) is 5.92 Å². The van der Waals surface area contributed by atoms with Crippen LogP contribution >= 0.6 is 0 Å². The molecule has 1 aliphatic carbocycles. The van der Waals surface area contributed by atoms with Crippen LogP contribution in [0.3, 0.4) is 0 Å². The molecule has 0 aromatic carbocycles. The van der Waals surface area contributed by atoms with Gasteiger partial charge in [-0.1, -0.05) is 13.8 Å². The van der Waals surface area contributed by atoms with Gasteiger partial charge in [0.05, 0.1) is 5.69 Å². The van der Waals surface area contributed by atoms with Crippen molar-refractivity contribution in [1.82, 2.24) is 19.7 Å². The normalized spacial score (nSPS) is 23.7. The zero-order valence-electron chi connectivity index (χ0n) is 10.6. The van der Waals surface area contributed by atoms with Gasteiger partial charge in [0.15, 0.2) is 5.82 Å². The van der Waals surface area contributed by atoms with E-state index in [1.807, 2.05) is 24.0 Å². The monoisotopic (exact) mass is 230 g/mol. The van der Waals surface area contributed by atoms with Gasteiger partial charge in [0.1, 0.15) is 5.69 Å². The van der Waals surface area contributed by atoms with E-state index in [1.54, 1.807) is 0 Å². The Morgan fingerprint density at radius 3 is 2.94 bits per heavy atom. The number of aromatic amines is 1. The maximum atomic E-state index is 4.75. The Morgan fingerprint density at radius 2 is 2.24 bits per heavy atom. The number of nitrogens with one attached hydrogen (secondary N) is 1. The highest BCUT2D eigenvalue weighted by Gasteiger charge is 2.25. The Morgan fingerprint density at radius 1 is 1.41 bits per heavy atom. The summed E-state index contributed by atoms with van der Waals surface area (Å²) in [5, 5.41) is 4.19. The summed E-state index contributed by atoms with van der Waals surface area (Å²) in [5.74, 6) is 2.26. The summed E-state index contributed by atoms with van der Waals surface area (Å²) in [5.41, 5.74) is 3.62. The Bertz CT molecular complexity index is 537. The molecule has 4 heteroatoms. The zero-order chi connectivity index (χ0) is 12.0. The van der Waals surface area contributed by atoms with Gasteiger partial charge in [0, 0.05) is 24.9 Å². The van der Waals surface area contributed by atoms with Crippen molar-refractivity contribution >= 4 is 0 Å². The van der Waals surface area contributed by atoms with E-state index >= 15 is 0 Å². The van der Waals surface area contributed by atoms with Gasteiger partial charge >= 0.3 is 0 Å². The van der Waals surface area contributed by atoms with Crippen molar-refractivity contribution in [3.63, 3.8) is 0 Å². The Labute approximate surface area is 101 Å². The molecule has 2 heterocycles. The summed E-state index contributed by atoms with van der Waals surface area (Å²) in [7, 11) is 1.95. The van der Waals surface area contributed by atoms with Gasteiger partial charge < -0.3 is 4.98 Å². The minimum atomic E-state index is 0.562. The first-order valence-corrected chi connectivity index (χ1v) is 6.22. The number of rotatable bonds is 1. The molecular formula is C13H18N4. The van der Waals surface area contributed by atoms with Gasteiger partial charge in [0.25, 0.3) is 0 Å². The number of hydrogen-bond donors (Lipinski definition) is 1. The van der Waals surface area contributed by atoms with Gasteiger partial charge in [-0.25, -0.2) is 4.98 Å². The predicted octanol–water partition coefficient (Wildman–Crippen LogP) is 2.50. The SMILES string of the molecule is CC1Cc2[nH]c(-c3ccnn3C)nc2C(C)C1. The van der Waals surface area contributed by atoms with E-state index in [0.717, 1.165) is 23.9 Å². The van der Waals surface area contributed by atoms with E-state index < -0.39 is 0 Å². The minimum Gasteiger partial charge on any atom is -0.340 e. The van der Waals surface area contributed by atoms with Gasteiger partial charge in [-0.15, -0.1) is 0 Å². The Hall–Kier alpha value is -1.58. The molecule has 0 bridgehead atoms. The summed E-state index contributed by atoms with van der Waals surface area (Å²) in [4.78, 5) is 8.22. The lowest BCUT2D eigenvalue weighted by atomic mass is 9.84. The molecule has 0 aliphatic heterocycles. The average Bonchev–Trinajstić information content (AvgIpc) is 2.83. The van der Waals surface area contributed by atoms with Gasteiger partial charge in [-0.2, -0.15) is 5.10 Å². The van der Waals surface area contributed by atoms with Crippen molar-refractivity contribution in [3.8, 4) is 11.5 Å². The third-order valence-corrected chi connectivity index (χ3v) is 3.65. The number of hydrogen-bond acceptors (Lipinski definition) is 2. The van der Waals surface area contributed by atoms with Crippen LogP contribution in [0.1, 0.15) is 37.6 Å². The second kappa shape index (κ2) is 3.72. The molecule has 0 saturated heterocycles. The maximum absolute atomic E-state index is 4.75. The first-order chi connectivity index (χ1) is 8.15. The van der Waals surface area contributed by atoms with E-state index in [1.165, 1.54) is 17.8 Å². The van der Waals surface area contributed by atoms with Crippen LogP contribution < -0.4 is 0 Å². The fourth-order valence-electron chi connectivity index (χ4n) is 2.86. The molecule has 0 amide bonds. The van der Waals surface area contributed by atoms with Gasteiger partial charge in [-0.3, -0.25) is 4.68 Å². The standard InChI is InChI=1S/C13H18N4/c1-8-6-9(2)12-10(7-8)15-13(16-12)11-4-5-14-17(11)3/h4-5,8-9H,6-7H2,1-3H3,(H,15,16). The van der Waals surface area contributed by atoms with E-state index in [9.17, 15) is 0 Å². The van der Waals surface area contributed by atoms with Crippen LogP contribution in [0, 0.1) is 5.92 Å². The van der Waals surface area contributed by atoms with Crippen LogP contribution in [0.4, 0.5) is 0 Å². The van der Waals surface area contributed by atoms with Crippen LogP contribution in [0.15, 0.2) is 12.3 Å². The number of aromatic nitrogens is 4. The van der Waals surface area contributed by atoms with E-state index in [-0.39, 0.29) is 0 Å². The summed E-state index contributed by atoms with van der Waals surface area (Å²) >= 11 is 0. The molecular weight excluding hydrogens is 212 g/mol. The molecule has 17 heavy (non-hydrogen) atoms. The molecule has 0 spiro atoms. The molecule has 90 valence electrons. The lowest BCUT2D eigenvalue weighted by Crippen LogP contribution is -2.14. The lowest BCUT2D eigenvalue weighted by Gasteiger charge is -2.22. The van der Waals surface area contributed by atoms with Crippen molar-refractivity contribution in [2.45, 2.75) is 32.6 Å². The first kappa shape index (κ1) is 10.6. The molecule has 2 unspecified atom stereocenters.